The number of carbonyl (C=O) groups is 1. The van der Waals surface area contributed by atoms with E-state index in [0.29, 0.717) is 44.3 Å². The number of nitrogens with zero attached hydrogens (tertiary/aromatic N) is 6. The van der Waals surface area contributed by atoms with Gasteiger partial charge in [-0.2, -0.15) is 4.52 Å². The van der Waals surface area contributed by atoms with E-state index in [-0.39, 0.29) is 6.09 Å². The van der Waals surface area contributed by atoms with Crippen LogP contribution in [0, 0.1) is 0 Å². The third-order valence-electron chi connectivity index (χ3n) is 5.70. The van der Waals surface area contributed by atoms with Gasteiger partial charge in [0.15, 0.2) is 17.3 Å². The van der Waals surface area contributed by atoms with Gasteiger partial charge in [-0.05, 0) is 31.2 Å². The van der Waals surface area contributed by atoms with Crippen LogP contribution < -0.4 is 9.64 Å². The monoisotopic (exact) mass is 432 g/mol. The number of methoxy groups -OCH3 is 1. The van der Waals surface area contributed by atoms with Gasteiger partial charge in [-0.3, -0.25) is 0 Å². The third kappa shape index (κ3) is 3.45. The summed E-state index contributed by atoms with van der Waals surface area (Å²) in [6.45, 7) is 4.70. The standard InChI is InChI=1S/C23H24N6O3/c1-3-32-23(30)28-14-12-27(13-15-28)22-19-7-5-4-6-18(19)21-25-24-20(29(21)26-22)16-8-10-17(31-2)11-9-16/h4-11H,3,12-15H2,1-2H3. The highest BCUT2D eigenvalue weighted by atomic mass is 16.6. The lowest BCUT2D eigenvalue weighted by Crippen LogP contribution is -2.49. The van der Waals surface area contributed by atoms with Crippen LogP contribution in [0.5, 0.6) is 5.75 Å². The summed E-state index contributed by atoms with van der Waals surface area (Å²) in [5.74, 6) is 2.30. The molecule has 32 heavy (non-hydrogen) atoms. The van der Waals surface area contributed by atoms with Crippen LogP contribution in [0.1, 0.15) is 6.92 Å². The largest absolute Gasteiger partial charge is 0.497 e. The Morgan fingerprint density at radius 3 is 2.38 bits per heavy atom. The average Bonchev–Trinajstić information content (AvgIpc) is 3.28. The fourth-order valence-electron chi connectivity index (χ4n) is 4.03. The molecule has 4 aromatic rings. The van der Waals surface area contributed by atoms with Crippen LogP contribution in [0.2, 0.25) is 0 Å². The maximum absolute atomic E-state index is 12.1. The van der Waals surface area contributed by atoms with Gasteiger partial charge in [0.25, 0.3) is 0 Å². The minimum absolute atomic E-state index is 0.263. The van der Waals surface area contributed by atoms with E-state index < -0.39 is 0 Å². The Labute approximate surface area is 185 Å². The van der Waals surface area contributed by atoms with Gasteiger partial charge in [-0.15, -0.1) is 15.3 Å². The van der Waals surface area contributed by atoms with E-state index in [0.717, 1.165) is 27.9 Å². The van der Waals surface area contributed by atoms with Crippen molar-refractivity contribution in [3.8, 4) is 17.1 Å². The smallest absolute Gasteiger partial charge is 0.409 e. The maximum Gasteiger partial charge on any atom is 0.409 e. The number of benzene rings is 2. The minimum Gasteiger partial charge on any atom is -0.497 e. The second-order valence-corrected chi connectivity index (χ2v) is 7.53. The summed E-state index contributed by atoms with van der Waals surface area (Å²) in [4.78, 5) is 16.0. The molecule has 1 fully saturated rings. The maximum atomic E-state index is 12.1. The Hall–Kier alpha value is -3.88. The molecule has 1 aliphatic rings. The number of ether oxygens (including phenoxy) is 2. The summed E-state index contributed by atoms with van der Waals surface area (Å²) in [5, 5.41) is 15.8. The molecular formula is C23H24N6O3. The fraction of sp³-hybridized carbons (Fsp3) is 0.304. The molecule has 164 valence electrons. The van der Waals surface area contributed by atoms with E-state index >= 15 is 0 Å². The molecule has 9 nitrogen and oxygen atoms in total. The Morgan fingerprint density at radius 2 is 1.69 bits per heavy atom. The van der Waals surface area contributed by atoms with Crippen LogP contribution >= 0.6 is 0 Å². The number of amides is 1. The molecule has 0 aliphatic carbocycles. The lowest BCUT2D eigenvalue weighted by molar-refractivity contribution is 0.105. The molecule has 0 radical (unpaired) electrons. The van der Waals surface area contributed by atoms with Crippen molar-refractivity contribution in [2.45, 2.75) is 6.92 Å². The van der Waals surface area contributed by atoms with Crippen LogP contribution in [-0.2, 0) is 4.74 Å². The van der Waals surface area contributed by atoms with Crippen molar-refractivity contribution in [2.75, 3.05) is 44.8 Å². The molecule has 0 N–H and O–H groups in total. The minimum atomic E-state index is -0.263. The third-order valence-corrected chi connectivity index (χ3v) is 5.70. The Kier molecular flexibility index (Phi) is 5.22. The van der Waals surface area contributed by atoms with Crippen LogP contribution in [0.15, 0.2) is 48.5 Å². The number of anilines is 1. The van der Waals surface area contributed by atoms with Crippen LogP contribution in [0.4, 0.5) is 10.6 Å². The van der Waals surface area contributed by atoms with Crippen LogP contribution in [0.3, 0.4) is 0 Å². The van der Waals surface area contributed by atoms with E-state index in [1.54, 1.807) is 16.5 Å². The van der Waals surface area contributed by atoms with Gasteiger partial charge >= 0.3 is 6.09 Å². The Balaban J connectivity index is 1.55. The number of aromatic nitrogens is 4. The van der Waals surface area contributed by atoms with E-state index in [4.69, 9.17) is 14.6 Å². The summed E-state index contributed by atoms with van der Waals surface area (Å²) < 4.78 is 12.2. The molecule has 0 spiro atoms. The molecule has 2 aromatic carbocycles. The van der Waals surface area contributed by atoms with Gasteiger partial charge in [-0.25, -0.2) is 4.79 Å². The summed E-state index contributed by atoms with van der Waals surface area (Å²) in [6.07, 6.45) is -0.263. The van der Waals surface area contributed by atoms with Crippen molar-refractivity contribution in [2.24, 2.45) is 0 Å². The topological polar surface area (TPSA) is 85.1 Å². The lowest BCUT2D eigenvalue weighted by atomic mass is 10.1. The Bertz CT molecular complexity index is 1260. The number of fused-ring (bicyclic) bond motifs is 3. The first-order valence-corrected chi connectivity index (χ1v) is 10.6. The zero-order chi connectivity index (χ0) is 22.1. The van der Waals surface area contributed by atoms with Crippen molar-refractivity contribution >= 4 is 28.3 Å². The molecule has 0 saturated carbocycles. The SMILES string of the molecule is CCOC(=O)N1CCN(c2nn3c(-c4ccc(OC)cc4)nnc3c3ccccc23)CC1. The fourth-order valence-corrected chi connectivity index (χ4v) is 4.03. The zero-order valence-corrected chi connectivity index (χ0v) is 18.1. The zero-order valence-electron chi connectivity index (χ0n) is 18.1. The number of piperazine rings is 1. The first-order chi connectivity index (χ1) is 15.7. The van der Waals surface area contributed by atoms with Crippen molar-refractivity contribution in [3.05, 3.63) is 48.5 Å². The summed E-state index contributed by atoms with van der Waals surface area (Å²) in [6, 6.07) is 15.8. The van der Waals surface area contributed by atoms with Gasteiger partial charge in [0.05, 0.1) is 13.7 Å². The highest BCUT2D eigenvalue weighted by Crippen LogP contribution is 2.30. The second-order valence-electron chi connectivity index (χ2n) is 7.53. The number of carbonyl (C=O) groups excluding carboxylic acids is 1. The summed E-state index contributed by atoms with van der Waals surface area (Å²) >= 11 is 0. The molecule has 5 rings (SSSR count). The van der Waals surface area contributed by atoms with E-state index in [9.17, 15) is 4.79 Å². The van der Waals surface area contributed by atoms with Crippen molar-refractivity contribution in [1.82, 2.24) is 24.7 Å². The van der Waals surface area contributed by atoms with Gasteiger partial charge in [-0.1, -0.05) is 24.3 Å². The Morgan fingerprint density at radius 1 is 0.969 bits per heavy atom. The van der Waals surface area contributed by atoms with Gasteiger partial charge < -0.3 is 19.3 Å². The molecule has 0 atom stereocenters. The number of hydrogen-bond donors (Lipinski definition) is 0. The molecule has 9 heteroatoms. The first kappa shape index (κ1) is 20.0. The molecule has 0 bridgehead atoms. The molecular weight excluding hydrogens is 408 g/mol. The first-order valence-electron chi connectivity index (χ1n) is 10.6. The van der Waals surface area contributed by atoms with Gasteiger partial charge in [0, 0.05) is 42.5 Å². The second kappa shape index (κ2) is 8.33. The molecule has 2 aromatic heterocycles. The number of rotatable bonds is 4. The van der Waals surface area contributed by atoms with Crippen molar-refractivity contribution < 1.29 is 14.3 Å². The molecule has 1 aliphatic heterocycles. The van der Waals surface area contributed by atoms with Gasteiger partial charge in [0.2, 0.25) is 0 Å². The summed E-state index contributed by atoms with van der Waals surface area (Å²) in [7, 11) is 1.64. The normalized spacial score (nSPS) is 14.2. The molecule has 3 heterocycles. The molecule has 1 amide bonds. The molecule has 0 unspecified atom stereocenters. The van der Waals surface area contributed by atoms with E-state index in [1.165, 1.54) is 0 Å². The lowest BCUT2D eigenvalue weighted by Gasteiger charge is -2.35. The molecule has 1 saturated heterocycles. The van der Waals surface area contributed by atoms with E-state index in [2.05, 4.69) is 21.2 Å². The highest BCUT2D eigenvalue weighted by molar-refractivity contribution is 6.00. The van der Waals surface area contributed by atoms with Crippen molar-refractivity contribution in [1.29, 1.82) is 0 Å². The predicted molar refractivity (Wildman–Crippen MR) is 121 cm³/mol. The predicted octanol–water partition coefficient (Wildman–Crippen LogP) is 3.23. The summed E-state index contributed by atoms with van der Waals surface area (Å²) in [5.41, 5.74) is 1.61. The van der Waals surface area contributed by atoms with E-state index in [1.807, 2.05) is 49.4 Å². The highest BCUT2D eigenvalue weighted by Gasteiger charge is 2.25. The quantitative estimate of drug-likeness (QED) is 0.489. The van der Waals surface area contributed by atoms with Crippen LogP contribution in [0.25, 0.3) is 27.8 Å². The van der Waals surface area contributed by atoms with Crippen molar-refractivity contribution in [3.63, 3.8) is 0 Å². The number of hydrogen-bond acceptors (Lipinski definition) is 7. The average molecular weight is 432 g/mol. The van der Waals surface area contributed by atoms with Gasteiger partial charge in [0.1, 0.15) is 5.75 Å². The van der Waals surface area contributed by atoms with Crippen LogP contribution in [-0.4, -0.2) is 70.7 Å².